The monoisotopic (exact) mass is 455 g/mol. The zero-order chi connectivity index (χ0) is 21.1. The lowest BCUT2D eigenvalue weighted by atomic mass is 10.1. The lowest BCUT2D eigenvalue weighted by molar-refractivity contribution is -0.156. The van der Waals surface area contributed by atoms with Gasteiger partial charge in [0.15, 0.2) is 0 Å². The van der Waals surface area contributed by atoms with E-state index in [0.29, 0.717) is 0 Å². The minimum Gasteiger partial charge on any atom is -0.474 e. The molecule has 2 aromatic carbocycles. The van der Waals surface area contributed by atoms with Gasteiger partial charge in [0.2, 0.25) is 0 Å². The summed E-state index contributed by atoms with van der Waals surface area (Å²) in [5, 5.41) is 9.15. The number of carboxylic acid groups (broad SMARTS) is 1. The van der Waals surface area contributed by atoms with Gasteiger partial charge in [-0.1, -0.05) is 78.2 Å². The normalized spacial score (nSPS) is 10.1. The number of carboxylic acids is 1. The van der Waals surface area contributed by atoms with Crippen LogP contribution in [0.15, 0.2) is 53.0 Å². The van der Waals surface area contributed by atoms with E-state index in [2.05, 4.69) is 34.7 Å². The van der Waals surface area contributed by atoms with Crippen molar-refractivity contribution in [3.8, 4) is 11.8 Å². The van der Waals surface area contributed by atoms with Crippen LogP contribution < -0.4 is 0 Å². The van der Waals surface area contributed by atoms with Crippen LogP contribution in [0.5, 0.6) is 0 Å². The Morgan fingerprint density at radius 2 is 1.52 bits per heavy atom. The highest BCUT2D eigenvalue weighted by Gasteiger charge is 2.21. The van der Waals surface area contributed by atoms with Crippen LogP contribution in [0.3, 0.4) is 0 Å². The molecular weight excluding hydrogens is 430 g/mol. The van der Waals surface area contributed by atoms with Crippen molar-refractivity contribution in [3.63, 3.8) is 0 Å². The first-order valence-electron chi connectivity index (χ1n) is 9.84. The van der Waals surface area contributed by atoms with Gasteiger partial charge in [-0.2, -0.15) is 0 Å². The van der Waals surface area contributed by atoms with Crippen molar-refractivity contribution >= 4 is 27.8 Å². The second-order valence-electron chi connectivity index (χ2n) is 6.90. The molecule has 4 nitrogen and oxygen atoms in total. The van der Waals surface area contributed by atoms with Crippen LogP contribution in [-0.4, -0.2) is 21.9 Å². The number of amides is 1. The quantitative estimate of drug-likeness (QED) is 0.330. The van der Waals surface area contributed by atoms with E-state index in [1.165, 1.54) is 24.2 Å². The van der Waals surface area contributed by atoms with Crippen LogP contribution in [0, 0.1) is 11.8 Å². The lowest BCUT2D eigenvalue weighted by Gasteiger charge is -2.21. The van der Waals surface area contributed by atoms with E-state index < -0.39 is 11.9 Å². The van der Waals surface area contributed by atoms with E-state index in [1.807, 2.05) is 48.5 Å². The smallest absolute Gasteiger partial charge is 0.394 e. The molecule has 152 valence electrons. The Labute approximate surface area is 181 Å². The molecule has 0 unspecified atom stereocenters. The maximum absolute atomic E-state index is 12.1. The van der Waals surface area contributed by atoms with Crippen molar-refractivity contribution in [2.45, 2.75) is 52.1 Å². The largest absolute Gasteiger partial charge is 0.474 e. The number of benzene rings is 2. The van der Waals surface area contributed by atoms with Crippen molar-refractivity contribution < 1.29 is 14.7 Å². The predicted octanol–water partition coefficient (Wildman–Crippen LogP) is 5.38. The molecular formula is C24H26BrNO3. The van der Waals surface area contributed by atoms with Gasteiger partial charge in [0.05, 0.1) is 0 Å². The molecule has 0 heterocycles. The first kappa shape index (κ1) is 22.7. The Morgan fingerprint density at radius 1 is 0.931 bits per heavy atom. The lowest BCUT2D eigenvalue weighted by Crippen LogP contribution is -2.35. The highest BCUT2D eigenvalue weighted by atomic mass is 79.9. The fourth-order valence-corrected chi connectivity index (χ4v) is 3.13. The van der Waals surface area contributed by atoms with Gasteiger partial charge in [-0.05, 0) is 41.8 Å². The third-order valence-corrected chi connectivity index (χ3v) is 5.00. The number of hydrogen-bond acceptors (Lipinski definition) is 2. The number of halogens is 1. The summed E-state index contributed by atoms with van der Waals surface area (Å²) in [4.78, 5) is 24.7. The number of aliphatic carboxylic acids is 1. The molecule has 1 N–H and O–H groups in total. The van der Waals surface area contributed by atoms with Crippen LogP contribution >= 0.6 is 15.9 Å². The van der Waals surface area contributed by atoms with Crippen LogP contribution in [0.4, 0.5) is 0 Å². The molecule has 0 aliphatic carbocycles. The van der Waals surface area contributed by atoms with E-state index in [9.17, 15) is 9.59 Å². The van der Waals surface area contributed by atoms with Crippen LogP contribution in [-0.2, 0) is 22.7 Å². The molecule has 0 spiro atoms. The standard InChI is InChI=1S/C24H26BrNO3/c1-2-3-4-5-6-7-8-19-9-11-20(12-10-19)17-26(23(27)24(28)29)18-21-13-15-22(25)16-14-21/h9-16H,2-6,17-18H2,1H3,(H,28,29). The molecule has 1 amide bonds. The third-order valence-electron chi connectivity index (χ3n) is 4.47. The van der Waals surface area contributed by atoms with E-state index in [-0.39, 0.29) is 13.1 Å². The molecule has 2 rings (SSSR count). The third kappa shape index (κ3) is 8.13. The topological polar surface area (TPSA) is 57.6 Å². The summed E-state index contributed by atoms with van der Waals surface area (Å²) in [7, 11) is 0. The molecule has 0 saturated heterocycles. The second kappa shape index (κ2) is 12.1. The van der Waals surface area contributed by atoms with Gasteiger partial charge in [-0.3, -0.25) is 4.79 Å². The van der Waals surface area contributed by atoms with Crippen LogP contribution in [0.2, 0.25) is 0 Å². The highest BCUT2D eigenvalue weighted by Crippen LogP contribution is 2.15. The predicted molar refractivity (Wildman–Crippen MR) is 118 cm³/mol. The number of carbonyl (C=O) groups is 2. The summed E-state index contributed by atoms with van der Waals surface area (Å²) in [6.07, 6.45) is 5.72. The maximum Gasteiger partial charge on any atom is 0.394 e. The average molecular weight is 456 g/mol. The Hall–Kier alpha value is -2.58. The Kier molecular flexibility index (Phi) is 9.46. The van der Waals surface area contributed by atoms with E-state index >= 15 is 0 Å². The van der Waals surface area contributed by atoms with Gasteiger partial charge in [0.1, 0.15) is 0 Å². The summed E-state index contributed by atoms with van der Waals surface area (Å²) < 4.78 is 0.930. The van der Waals surface area contributed by atoms with Gasteiger partial charge < -0.3 is 10.0 Å². The van der Waals surface area contributed by atoms with Crippen LogP contribution in [0.1, 0.15) is 55.7 Å². The Balaban J connectivity index is 2.01. The molecule has 0 saturated carbocycles. The summed E-state index contributed by atoms with van der Waals surface area (Å²) >= 11 is 3.37. The number of carbonyl (C=O) groups excluding carboxylic acids is 1. The molecule has 0 aliphatic heterocycles. The van der Waals surface area contributed by atoms with Gasteiger partial charge in [0.25, 0.3) is 0 Å². The summed E-state index contributed by atoms with van der Waals surface area (Å²) in [5.74, 6) is 3.99. The number of unbranched alkanes of at least 4 members (excludes halogenated alkanes) is 4. The van der Waals surface area contributed by atoms with Crippen molar-refractivity contribution in [2.75, 3.05) is 0 Å². The minimum absolute atomic E-state index is 0.228. The molecule has 29 heavy (non-hydrogen) atoms. The first-order valence-corrected chi connectivity index (χ1v) is 10.6. The first-order chi connectivity index (χ1) is 14.0. The molecule has 0 aliphatic rings. The minimum atomic E-state index is -1.45. The Morgan fingerprint density at radius 3 is 2.07 bits per heavy atom. The highest BCUT2D eigenvalue weighted by molar-refractivity contribution is 9.10. The number of rotatable bonds is 8. The van der Waals surface area contributed by atoms with Crippen molar-refractivity contribution in [2.24, 2.45) is 0 Å². The molecule has 0 bridgehead atoms. The Bertz CT molecular complexity index is 864. The van der Waals surface area contributed by atoms with Gasteiger partial charge in [0, 0.05) is 29.5 Å². The van der Waals surface area contributed by atoms with Gasteiger partial charge in [-0.15, -0.1) is 0 Å². The second-order valence-corrected chi connectivity index (χ2v) is 7.82. The average Bonchev–Trinajstić information content (AvgIpc) is 2.72. The van der Waals surface area contributed by atoms with E-state index in [4.69, 9.17) is 5.11 Å². The molecule has 2 aromatic rings. The zero-order valence-corrected chi connectivity index (χ0v) is 18.2. The number of nitrogens with zero attached hydrogens (tertiary/aromatic N) is 1. The molecule has 0 radical (unpaired) electrons. The fraction of sp³-hybridized carbons (Fsp3) is 0.333. The maximum atomic E-state index is 12.1. The number of hydrogen-bond donors (Lipinski definition) is 1. The van der Waals surface area contributed by atoms with E-state index in [1.54, 1.807) is 0 Å². The summed E-state index contributed by atoms with van der Waals surface area (Å²) in [6, 6.07) is 15.1. The van der Waals surface area contributed by atoms with Crippen LogP contribution in [0.25, 0.3) is 0 Å². The summed E-state index contributed by atoms with van der Waals surface area (Å²) in [6.45, 7) is 2.65. The molecule has 0 aromatic heterocycles. The van der Waals surface area contributed by atoms with Crippen molar-refractivity contribution in [1.82, 2.24) is 4.90 Å². The molecule has 0 atom stereocenters. The zero-order valence-electron chi connectivity index (χ0n) is 16.7. The molecule has 5 heteroatoms. The van der Waals surface area contributed by atoms with E-state index in [0.717, 1.165) is 34.0 Å². The van der Waals surface area contributed by atoms with Crippen molar-refractivity contribution in [1.29, 1.82) is 0 Å². The fourth-order valence-electron chi connectivity index (χ4n) is 2.86. The SMILES string of the molecule is CCCCCCC#Cc1ccc(CN(Cc2ccc(Br)cc2)C(=O)C(=O)O)cc1. The van der Waals surface area contributed by atoms with Gasteiger partial charge in [-0.25, -0.2) is 4.79 Å². The van der Waals surface area contributed by atoms with Crippen molar-refractivity contribution in [3.05, 3.63) is 69.7 Å². The van der Waals surface area contributed by atoms with Gasteiger partial charge >= 0.3 is 11.9 Å². The summed E-state index contributed by atoms with van der Waals surface area (Å²) in [5.41, 5.74) is 2.66. The molecule has 0 fully saturated rings.